The smallest absolute Gasteiger partial charge is 0.320 e. The number of aryl methyl sites for hydroxylation is 1. The van der Waals surface area contributed by atoms with Crippen molar-refractivity contribution in [3.8, 4) is 0 Å². The SMILES string of the molecule is CC(=O)NCCN(Cc1cc(F)ccc1C)C(C)C(=O)O. The third kappa shape index (κ3) is 5.51. The lowest BCUT2D eigenvalue weighted by atomic mass is 10.1. The van der Waals surface area contributed by atoms with E-state index in [2.05, 4.69) is 5.32 Å². The van der Waals surface area contributed by atoms with E-state index < -0.39 is 12.0 Å². The van der Waals surface area contributed by atoms with Crippen molar-refractivity contribution in [2.75, 3.05) is 13.1 Å². The minimum absolute atomic E-state index is 0.167. The van der Waals surface area contributed by atoms with Gasteiger partial charge in [0.05, 0.1) is 0 Å². The second-order valence-corrected chi connectivity index (χ2v) is 5.04. The molecule has 1 atom stereocenters. The van der Waals surface area contributed by atoms with E-state index >= 15 is 0 Å². The number of rotatable bonds is 7. The summed E-state index contributed by atoms with van der Waals surface area (Å²) in [4.78, 5) is 23.8. The number of hydrogen-bond donors (Lipinski definition) is 2. The summed E-state index contributed by atoms with van der Waals surface area (Å²) in [5, 5.41) is 11.8. The Hall–Kier alpha value is -1.95. The molecule has 1 aromatic rings. The largest absolute Gasteiger partial charge is 0.480 e. The molecule has 21 heavy (non-hydrogen) atoms. The number of carboxylic acid groups (broad SMARTS) is 1. The molecular formula is C15H21FN2O3. The fourth-order valence-electron chi connectivity index (χ4n) is 1.97. The average molecular weight is 296 g/mol. The molecule has 0 aliphatic heterocycles. The van der Waals surface area contributed by atoms with Gasteiger partial charge in [-0.1, -0.05) is 6.07 Å². The Kier molecular flexibility index (Phi) is 6.30. The summed E-state index contributed by atoms with van der Waals surface area (Å²) in [5.74, 6) is -1.47. The predicted octanol–water partition coefficient (Wildman–Crippen LogP) is 1.55. The highest BCUT2D eigenvalue weighted by molar-refractivity contribution is 5.73. The number of carbonyl (C=O) groups is 2. The van der Waals surface area contributed by atoms with E-state index in [-0.39, 0.29) is 11.7 Å². The molecule has 5 nitrogen and oxygen atoms in total. The number of halogens is 1. The van der Waals surface area contributed by atoms with Crippen LogP contribution in [0.15, 0.2) is 18.2 Å². The fourth-order valence-corrected chi connectivity index (χ4v) is 1.97. The molecule has 6 heteroatoms. The third-order valence-electron chi connectivity index (χ3n) is 3.36. The van der Waals surface area contributed by atoms with Gasteiger partial charge in [0.2, 0.25) is 5.91 Å². The van der Waals surface area contributed by atoms with Crippen molar-refractivity contribution in [1.82, 2.24) is 10.2 Å². The van der Waals surface area contributed by atoms with Crippen molar-refractivity contribution in [1.29, 1.82) is 0 Å². The van der Waals surface area contributed by atoms with Crippen molar-refractivity contribution in [2.45, 2.75) is 33.4 Å². The molecule has 0 saturated carbocycles. The molecule has 116 valence electrons. The van der Waals surface area contributed by atoms with Gasteiger partial charge in [0.1, 0.15) is 11.9 Å². The highest BCUT2D eigenvalue weighted by atomic mass is 19.1. The Morgan fingerprint density at radius 2 is 2.10 bits per heavy atom. The molecule has 1 aromatic carbocycles. The number of nitrogens with zero attached hydrogens (tertiary/aromatic N) is 1. The summed E-state index contributed by atoms with van der Waals surface area (Å²) in [5.41, 5.74) is 1.64. The maximum Gasteiger partial charge on any atom is 0.320 e. The van der Waals surface area contributed by atoms with E-state index in [1.807, 2.05) is 6.92 Å². The molecule has 0 bridgehead atoms. The number of carbonyl (C=O) groups excluding carboxylic acids is 1. The minimum Gasteiger partial charge on any atom is -0.480 e. The van der Waals surface area contributed by atoms with E-state index in [0.29, 0.717) is 19.6 Å². The molecule has 0 heterocycles. The van der Waals surface area contributed by atoms with Crippen LogP contribution in [-0.4, -0.2) is 41.0 Å². The summed E-state index contributed by atoms with van der Waals surface area (Å²) < 4.78 is 13.3. The van der Waals surface area contributed by atoms with Crippen molar-refractivity contribution in [3.05, 3.63) is 35.1 Å². The third-order valence-corrected chi connectivity index (χ3v) is 3.36. The van der Waals surface area contributed by atoms with Crippen LogP contribution in [-0.2, 0) is 16.1 Å². The molecular weight excluding hydrogens is 275 g/mol. The number of aliphatic carboxylic acids is 1. The monoisotopic (exact) mass is 296 g/mol. The van der Waals surface area contributed by atoms with Crippen LogP contribution in [0.3, 0.4) is 0 Å². The van der Waals surface area contributed by atoms with Gasteiger partial charge < -0.3 is 10.4 Å². The summed E-state index contributed by atoms with van der Waals surface area (Å²) >= 11 is 0. The molecule has 0 fully saturated rings. The van der Waals surface area contributed by atoms with E-state index in [9.17, 15) is 14.0 Å². The molecule has 1 amide bonds. The number of hydrogen-bond acceptors (Lipinski definition) is 3. The highest BCUT2D eigenvalue weighted by Crippen LogP contribution is 2.14. The van der Waals surface area contributed by atoms with Gasteiger partial charge in [-0.3, -0.25) is 14.5 Å². The first-order chi connectivity index (χ1) is 9.81. The zero-order valence-corrected chi connectivity index (χ0v) is 12.5. The average Bonchev–Trinajstić information content (AvgIpc) is 2.40. The van der Waals surface area contributed by atoms with Gasteiger partial charge in [0.25, 0.3) is 0 Å². The fraction of sp³-hybridized carbons (Fsp3) is 0.467. The van der Waals surface area contributed by atoms with Crippen molar-refractivity contribution in [2.24, 2.45) is 0 Å². The predicted molar refractivity (Wildman–Crippen MR) is 77.3 cm³/mol. The molecule has 2 N–H and O–H groups in total. The summed E-state index contributed by atoms with van der Waals surface area (Å²) in [6.07, 6.45) is 0. The van der Waals surface area contributed by atoms with Crippen LogP contribution in [0.4, 0.5) is 4.39 Å². The quantitative estimate of drug-likeness (QED) is 0.801. The van der Waals surface area contributed by atoms with Crippen LogP contribution in [0.1, 0.15) is 25.0 Å². The normalized spacial score (nSPS) is 12.2. The van der Waals surface area contributed by atoms with Gasteiger partial charge in [-0.05, 0) is 37.1 Å². The van der Waals surface area contributed by atoms with Crippen LogP contribution in [0.5, 0.6) is 0 Å². The maximum absolute atomic E-state index is 13.3. The second kappa shape index (κ2) is 7.73. The van der Waals surface area contributed by atoms with E-state index in [4.69, 9.17) is 5.11 Å². The van der Waals surface area contributed by atoms with Crippen molar-refractivity contribution >= 4 is 11.9 Å². The van der Waals surface area contributed by atoms with E-state index in [0.717, 1.165) is 11.1 Å². The summed E-state index contributed by atoms with van der Waals surface area (Å²) in [6.45, 7) is 5.87. The van der Waals surface area contributed by atoms with Crippen LogP contribution in [0.25, 0.3) is 0 Å². The highest BCUT2D eigenvalue weighted by Gasteiger charge is 2.21. The van der Waals surface area contributed by atoms with E-state index in [1.165, 1.54) is 19.1 Å². The maximum atomic E-state index is 13.3. The topological polar surface area (TPSA) is 69.6 Å². The van der Waals surface area contributed by atoms with Crippen LogP contribution in [0, 0.1) is 12.7 Å². The number of carboxylic acids is 1. The molecule has 0 spiro atoms. The van der Waals surface area contributed by atoms with Crippen LogP contribution in [0.2, 0.25) is 0 Å². The zero-order valence-electron chi connectivity index (χ0n) is 12.5. The first-order valence-electron chi connectivity index (χ1n) is 6.77. The lowest BCUT2D eigenvalue weighted by Gasteiger charge is -2.27. The molecule has 0 saturated heterocycles. The molecule has 1 rings (SSSR count). The lowest BCUT2D eigenvalue weighted by Crippen LogP contribution is -2.42. The van der Waals surface area contributed by atoms with Gasteiger partial charge in [0.15, 0.2) is 0 Å². The van der Waals surface area contributed by atoms with Gasteiger partial charge in [0, 0.05) is 26.6 Å². The van der Waals surface area contributed by atoms with Crippen molar-refractivity contribution in [3.63, 3.8) is 0 Å². The van der Waals surface area contributed by atoms with Gasteiger partial charge in [-0.15, -0.1) is 0 Å². The number of benzene rings is 1. The zero-order chi connectivity index (χ0) is 16.0. The second-order valence-electron chi connectivity index (χ2n) is 5.04. The Morgan fingerprint density at radius 1 is 1.43 bits per heavy atom. The number of nitrogens with one attached hydrogen (secondary N) is 1. The minimum atomic E-state index is -0.952. The number of amides is 1. The van der Waals surface area contributed by atoms with Crippen LogP contribution < -0.4 is 5.32 Å². The summed E-state index contributed by atoms with van der Waals surface area (Å²) in [6, 6.07) is 3.74. The molecule has 0 radical (unpaired) electrons. The summed E-state index contributed by atoms with van der Waals surface area (Å²) in [7, 11) is 0. The molecule has 0 aliphatic carbocycles. The van der Waals surface area contributed by atoms with Crippen molar-refractivity contribution < 1.29 is 19.1 Å². The Balaban J connectivity index is 2.82. The molecule has 1 unspecified atom stereocenters. The lowest BCUT2D eigenvalue weighted by molar-refractivity contribution is -0.142. The van der Waals surface area contributed by atoms with Crippen LogP contribution >= 0.6 is 0 Å². The van der Waals surface area contributed by atoms with Gasteiger partial charge in [-0.25, -0.2) is 4.39 Å². The van der Waals surface area contributed by atoms with E-state index in [1.54, 1.807) is 17.9 Å². The molecule has 0 aliphatic rings. The first-order valence-corrected chi connectivity index (χ1v) is 6.77. The standard InChI is InChI=1S/C15H21FN2O3/c1-10-4-5-14(16)8-13(10)9-18(11(2)15(20)21)7-6-17-12(3)19/h4-5,8,11H,6-7,9H2,1-3H3,(H,17,19)(H,20,21). The molecule has 0 aromatic heterocycles. The van der Waals surface area contributed by atoms with Gasteiger partial charge in [-0.2, -0.15) is 0 Å². The first kappa shape index (κ1) is 17.1. The Labute approximate surface area is 123 Å². The Bertz CT molecular complexity index is 520. The Morgan fingerprint density at radius 3 is 2.67 bits per heavy atom. The van der Waals surface area contributed by atoms with Gasteiger partial charge >= 0.3 is 5.97 Å².